The Bertz CT molecular complexity index is 458. The van der Waals surface area contributed by atoms with E-state index in [1.165, 1.54) is 18.2 Å². The number of phenols is 1. The number of aliphatic carboxylic acids is 1. The number of hydrogen-bond acceptors (Lipinski definition) is 3. The highest BCUT2D eigenvalue weighted by atomic mass is 19.1. The van der Waals surface area contributed by atoms with Gasteiger partial charge in [-0.1, -0.05) is 6.92 Å². The van der Waals surface area contributed by atoms with Crippen molar-refractivity contribution in [2.75, 3.05) is 13.1 Å². The number of carbonyl (C=O) groups is 1. The summed E-state index contributed by atoms with van der Waals surface area (Å²) in [6.45, 7) is 3.49. The summed E-state index contributed by atoms with van der Waals surface area (Å²) in [7, 11) is 0. The average Bonchev–Trinajstić information content (AvgIpc) is 2.26. The minimum absolute atomic E-state index is 0.0751. The average molecular weight is 253 g/mol. The monoisotopic (exact) mass is 253 g/mol. The van der Waals surface area contributed by atoms with Crippen LogP contribution in [0.1, 0.15) is 12.5 Å². The second kappa shape index (κ2) is 4.94. The van der Waals surface area contributed by atoms with Gasteiger partial charge in [-0.25, -0.2) is 4.39 Å². The Morgan fingerprint density at radius 3 is 2.83 bits per heavy atom. The predicted octanol–water partition coefficient (Wildman–Crippen LogP) is 1.68. The summed E-state index contributed by atoms with van der Waals surface area (Å²) in [5.41, 5.74) is 0.538. The van der Waals surface area contributed by atoms with E-state index in [0.29, 0.717) is 25.2 Å². The first kappa shape index (κ1) is 12.8. The van der Waals surface area contributed by atoms with Gasteiger partial charge < -0.3 is 10.2 Å². The van der Waals surface area contributed by atoms with Crippen LogP contribution in [0.3, 0.4) is 0 Å². The van der Waals surface area contributed by atoms with Crippen LogP contribution in [0.15, 0.2) is 18.2 Å². The van der Waals surface area contributed by atoms with Crippen molar-refractivity contribution in [2.24, 2.45) is 11.8 Å². The van der Waals surface area contributed by atoms with Gasteiger partial charge >= 0.3 is 5.97 Å². The van der Waals surface area contributed by atoms with E-state index in [0.717, 1.165) is 0 Å². The zero-order chi connectivity index (χ0) is 13.3. The molecule has 0 spiro atoms. The lowest BCUT2D eigenvalue weighted by atomic mass is 9.87. The molecule has 1 aliphatic rings. The quantitative estimate of drug-likeness (QED) is 0.857. The van der Waals surface area contributed by atoms with Crippen molar-refractivity contribution in [3.63, 3.8) is 0 Å². The van der Waals surface area contributed by atoms with Gasteiger partial charge in [-0.05, 0) is 24.1 Å². The number of hydrogen-bond donors (Lipinski definition) is 2. The van der Waals surface area contributed by atoms with Crippen LogP contribution >= 0.6 is 0 Å². The number of likely N-dealkylation sites (tertiary alicyclic amines) is 1. The fourth-order valence-corrected chi connectivity index (χ4v) is 2.18. The Hall–Kier alpha value is -1.62. The molecule has 0 radical (unpaired) electrons. The molecule has 18 heavy (non-hydrogen) atoms. The van der Waals surface area contributed by atoms with Crippen LogP contribution in [0, 0.1) is 17.7 Å². The third-order valence-electron chi connectivity index (χ3n) is 3.52. The molecule has 0 bridgehead atoms. The number of rotatable bonds is 4. The molecule has 0 aliphatic carbocycles. The maximum Gasteiger partial charge on any atom is 0.306 e. The van der Waals surface area contributed by atoms with Crippen LogP contribution in [-0.2, 0) is 11.3 Å². The molecule has 1 heterocycles. The first-order valence-electron chi connectivity index (χ1n) is 5.90. The second-order valence-electron chi connectivity index (χ2n) is 4.85. The summed E-state index contributed by atoms with van der Waals surface area (Å²) >= 11 is 0. The molecule has 2 N–H and O–H groups in total. The van der Waals surface area contributed by atoms with Crippen LogP contribution in [0.4, 0.5) is 4.39 Å². The fourth-order valence-electron chi connectivity index (χ4n) is 2.18. The summed E-state index contributed by atoms with van der Waals surface area (Å²) in [5, 5.41) is 18.4. The van der Waals surface area contributed by atoms with E-state index in [9.17, 15) is 14.3 Å². The minimum atomic E-state index is -0.784. The van der Waals surface area contributed by atoms with Gasteiger partial charge in [-0.3, -0.25) is 9.69 Å². The van der Waals surface area contributed by atoms with E-state index in [1.807, 2.05) is 4.90 Å². The van der Waals surface area contributed by atoms with E-state index in [2.05, 4.69) is 0 Å². The molecular weight excluding hydrogens is 237 g/mol. The lowest BCUT2D eigenvalue weighted by molar-refractivity contribution is -0.145. The van der Waals surface area contributed by atoms with Crippen LogP contribution in [0.5, 0.6) is 5.75 Å². The smallest absolute Gasteiger partial charge is 0.306 e. The van der Waals surface area contributed by atoms with Gasteiger partial charge in [0.15, 0.2) is 0 Å². The number of aromatic hydroxyl groups is 1. The normalized spacial score (nSPS) is 18.3. The lowest BCUT2D eigenvalue weighted by Gasteiger charge is -2.41. The molecule has 0 saturated carbocycles. The fraction of sp³-hybridized carbons (Fsp3) is 0.462. The molecule has 1 aromatic carbocycles. The molecule has 1 unspecified atom stereocenters. The first-order chi connectivity index (χ1) is 8.47. The molecule has 1 fully saturated rings. The SMILES string of the molecule is CC(C(=O)O)C1CN(Cc2cc(F)ccc2O)C1. The van der Waals surface area contributed by atoms with Crippen molar-refractivity contribution in [3.8, 4) is 5.75 Å². The summed E-state index contributed by atoms with van der Waals surface area (Å²) in [6, 6.07) is 3.86. The molecule has 5 heteroatoms. The van der Waals surface area contributed by atoms with E-state index < -0.39 is 5.97 Å². The molecular formula is C13H16FNO3. The molecule has 0 aromatic heterocycles. The van der Waals surface area contributed by atoms with Crippen LogP contribution in [-0.4, -0.2) is 34.2 Å². The van der Waals surface area contributed by atoms with Gasteiger partial charge in [0, 0.05) is 25.2 Å². The number of phenolic OH excluding ortho intramolecular Hbond substituents is 1. The maximum absolute atomic E-state index is 13.0. The summed E-state index contributed by atoms with van der Waals surface area (Å²) < 4.78 is 13.0. The predicted molar refractivity (Wildman–Crippen MR) is 63.6 cm³/mol. The first-order valence-corrected chi connectivity index (χ1v) is 5.90. The number of nitrogens with zero attached hydrogens (tertiary/aromatic N) is 1. The van der Waals surface area contributed by atoms with Crippen molar-refractivity contribution in [2.45, 2.75) is 13.5 Å². The van der Waals surface area contributed by atoms with E-state index in [4.69, 9.17) is 5.11 Å². The molecule has 1 aliphatic heterocycles. The van der Waals surface area contributed by atoms with Crippen molar-refractivity contribution < 1.29 is 19.4 Å². The van der Waals surface area contributed by atoms with Crippen molar-refractivity contribution >= 4 is 5.97 Å². The standard InChI is InChI=1S/C13H16FNO3/c1-8(13(17)18)10-6-15(7-10)5-9-4-11(14)2-3-12(9)16/h2-4,8,10,16H,5-7H2,1H3,(H,17,18). The zero-order valence-corrected chi connectivity index (χ0v) is 10.1. The topological polar surface area (TPSA) is 60.8 Å². The molecule has 1 saturated heterocycles. The molecule has 4 nitrogen and oxygen atoms in total. The van der Waals surface area contributed by atoms with Gasteiger partial charge in [0.05, 0.1) is 5.92 Å². The number of benzene rings is 1. The van der Waals surface area contributed by atoms with E-state index in [1.54, 1.807) is 6.92 Å². The summed E-state index contributed by atoms with van der Waals surface area (Å²) in [4.78, 5) is 12.8. The Balaban J connectivity index is 1.90. The van der Waals surface area contributed by atoms with Gasteiger partial charge in [0.2, 0.25) is 0 Å². The van der Waals surface area contributed by atoms with E-state index in [-0.39, 0.29) is 23.4 Å². The largest absolute Gasteiger partial charge is 0.508 e. The Morgan fingerprint density at radius 2 is 2.22 bits per heavy atom. The number of carboxylic acid groups (broad SMARTS) is 1. The van der Waals surface area contributed by atoms with Crippen LogP contribution < -0.4 is 0 Å². The van der Waals surface area contributed by atoms with Gasteiger partial charge in [-0.2, -0.15) is 0 Å². The molecule has 98 valence electrons. The molecule has 1 atom stereocenters. The summed E-state index contributed by atoms with van der Waals surface area (Å²) in [5.74, 6) is -1.31. The highest BCUT2D eigenvalue weighted by Gasteiger charge is 2.34. The minimum Gasteiger partial charge on any atom is -0.508 e. The Morgan fingerprint density at radius 1 is 1.56 bits per heavy atom. The highest BCUT2D eigenvalue weighted by molar-refractivity contribution is 5.70. The maximum atomic E-state index is 13.0. The molecule has 0 amide bonds. The Kier molecular flexibility index (Phi) is 3.52. The van der Waals surface area contributed by atoms with Crippen molar-refractivity contribution in [3.05, 3.63) is 29.6 Å². The third kappa shape index (κ3) is 2.61. The molecule has 2 rings (SSSR count). The van der Waals surface area contributed by atoms with E-state index >= 15 is 0 Å². The zero-order valence-electron chi connectivity index (χ0n) is 10.1. The van der Waals surface area contributed by atoms with Crippen molar-refractivity contribution in [1.82, 2.24) is 4.90 Å². The van der Waals surface area contributed by atoms with Gasteiger partial charge in [0.25, 0.3) is 0 Å². The van der Waals surface area contributed by atoms with Crippen LogP contribution in [0.25, 0.3) is 0 Å². The lowest BCUT2D eigenvalue weighted by Crippen LogP contribution is -2.50. The second-order valence-corrected chi connectivity index (χ2v) is 4.85. The highest BCUT2D eigenvalue weighted by Crippen LogP contribution is 2.28. The van der Waals surface area contributed by atoms with Gasteiger partial charge in [-0.15, -0.1) is 0 Å². The van der Waals surface area contributed by atoms with Gasteiger partial charge in [0.1, 0.15) is 11.6 Å². The molecule has 1 aromatic rings. The van der Waals surface area contributed by atoms with Crippen LogP contribution in [0.2, 0.25) is 0 Å². The Labute approximate surface area is 105 Å². The number of halogens is 1. The summed E-state index contributed by atoms with van der Waals surface area (Å²) in [6.07, 6.45) is 0. The number of carboxylic acids is 1. The third-order valence-corrected chi connectivity index (χ3v) is 3.52. The van der Waals surface area contributed by atoms with Crippen molar-refractivity contribution in [1.29, 1.82) is 0 Å².